The van der Waals surface area contributed by atoms with Crippen LogP contribution >= 0.6 is 11.3 Å². The normalized spacial score (nSPS) is 22.1. The van der Waals surface area contributed by atoms with Gasteiger partial charge in [-0.3, -0.25) is 0 Å². The lowest BCUT2D eigenvalue weighted by atomic mass is 9.96. The highest BCUT2D eigenvalue weighted by Gasteiger charge is 2.66. The molecule has 0 radical (unpaired) electrons. The average molecular weight is 287 g/mol. The number of likely N-dealkylation sites (N-methyl/N-ethyl adjacent to an activating group) is 1. The van der Waals surface area contributed by atoms with Gasteiger partial charge in [-0.15, -0.1) is 11.3 Å². The topological polar surface area (TPSA) is 12.0 Å². The van der Waals surface area contributed by atoms with E-state index in [0.29, 0.717) is 16.9 Å². The Hall–Kier alpha value is -0.860. The van der Waals surface area contributed by atoms with Gasteiger partial charge in [0, 0.05) is 10.7 Å². The van der Waals surface area contributed by atoms with E-state index >= 15 is 0 Å². The molecule has 1 unspecified atom stereocenters. The predicted molar refractivity (Wildman–Crippen MR) is 89.4 cm³/mol. The third-order valence-corrected chi connectivity index (χ3v) is 6.92. The SMILES string of the molecule is CNC(Cc1csc2ccccc12)C1C(C)(C)C1(C)C. The smallest absolute Gasteiger partial charge is 0.0345 e. The average Bonchev–Trinajstić information content (AvgIpc) is 2.74. The zero-order valence-corrected chi connectivity index (χ0v) is 14.0. The van der Waals surface area contributed by atoms with Crippen LogP contribution in [0, 0.1) is 16.7 Å². The van der Waals surface area contributed by atoms with E-state index in [1.165, 1.54) is 15.6 Å². The van der Waals surface area contributed by atoms with E-state index in [4.69, 9.17) is 0 Å². The molecule has 1 nitrogen and oxygen atoms in total. The number of fused-ring (bicyclic) bond motifs is 1. The summed E-state index contributed by atoms with van der Waals surface area (Å²) in [6.07, 6.45) is 1.14. The molecule has 1 N–H and O–H groups in total. The quantitative estimate of drug-likeness (QED) is 0.858. The van der Waals surface area contributed by atoms with E-state index in [9.17, 15) is 0 Å². The van der Waals surface area contributed by atoms with Crippen LogP contribution < -0.4 is 5.32 Å². The molecular formula is C18H25NS. The van der Waals surface area contributed by atoms with Crippen LogP contribution in [0.3, 0.4) is 0 Å². The van der Waals surface area contributed by atoms with Crippen LogP contribution in [0.2, 0.25) is 0 Å². The molecule has 1 saturated carbocycles. The van der Waals surface area contributed by atoms with Gasteiger partial charge in [-0.1, -0.05) is 45.9 Å². The molecule has 0 bridgehead atoms. The van der Waals surface area contributed by atoms with Crippen LogP contribution in [0.15, 0.2) is 29.6 Å². The molecule has 0 spiro atoms. The number of rotatable bonds is 4. The Morgan fingerprint density at radius 2 is 1.80 bits per heavy atom. The molecule has 1 aromatic carbocycles. The molecule has 20 heavy (non-hydrogen) atoms. The fourth-order valence-corrected chi connectivity index (χ4v) is 5.04. The van der Waals surface area contributed by atoms with Gasteiger partial charge in [0.15, 0.2) is 0 Å². The first-order valence-corrected chi connectivity index (χ1v) is 8.40. The summed E-state index contributed by atoms with van der Waals surface area (Å²) in [7, 11) is 2.11. The second kappa shape index (κ2) is 4.57. The minimum Gasteiger partial charge on any atom is -0.316 e. The zero-order chi connectivity index (χ0) is 14.5. The van der Waals surface area contributed by atoms with Crippen molar-refractivity contribution in [2.24, 2.45) is 16.7 Å². The van der Waals surface area contributed by atoms with Crippen LogP contribution in [-0.2, 0) is 6.42 Å². The van der Waals surface area contributed by atoms with E-state index in [-0.39, 0.29) is 0 Å². The first-order valence-electron chi connectivity index (χ1n) is 7.52. The lowest BCUT2D eigenvalue weighted by molar-refractivity contribution is 0.422. The molecule has 1 heterocycles. The standard InChI is InChI=1S/C18H25NS/c1-17(2)16(18(17,3)4)14(19-5)10-12-11-20-15-9-7-6-8-13(12)15/h6-9,11,14,16,19H,10H2,1-5H3. The van der Waals surface area contributed by atoms with Gasteiger partial charge in [0.1, 0.15) is 0 Å². The number of nitrogens with one attached hydrogen (secondary N) is 1. The fraction of sp³-hybridized carbons (Fsp3) is 0.556. The van der Waals surface area contributed by atoms with Gasteiger partial charge in [-0.05, 0) is 52.6 Å². The molecule has 108 valence electrons. The van der Waals surface area contributed by atoms with Crippen LogP contribution in [0.4, 0.5) is 0 Å². The van der Waals surface area contributed by atoms with Crippen molar-refractivity contribution in [1.29, 1.82) is 0 Å². The number of benzene rings is 1. The molecule has 2 heteroatoms. The van der Waals surface area contributed by atoms with Gasteiger partial charge in [-0.25, -0.2) is 0 Å². The maximum absolute atomic E-state index is 3.58. The van der Waals surface area contributed by atoms with Gasteiger partial charge in [0.05, 0.1) is 0 Å². The molecule has 0 amide bonds. The first-order chi connectivity index (χ1) is 9.39. The second-order valence-corrected chi connectivity index (χ2v) is 8.19. The Morgan fingerprint density at radius 1 is 1.15 bits per heavy atom. The van der Waals surface area contributed by atoms with Crippen molar-refractivity contribution < 1.29 is 0 Å². The molecule has 3 rings (SSSR count). The van der Waals surface area contributed by atoms with Crippen LogP contribution in [0.25, 0.3) is 10.1 Å². The number of hydrogen-bond acceptors (Lipinski definition) is 2. The lowest BCUT2D eigenvalue weighted by Crippen LogP contribution is -2.32. The molecule has 1 fully saturated rings. The summed E-state index contributed by atoms with van der Waals surface area (Å²) in [4.78, 5) is 0. The third-order valence-electron chi connectivity index (χ3n) is 5.91. The van der Waals surface area contributed by atoms with E-state index < -0.39 is 0 Å². The summed E-state index contributed by atoms with van der Waals surface area (Å²) >= 11 is 1.87. The summed E-state index contributed by atoms with van der Waals surface area (Å²) < 4.78 is 1.41. The van der Waals surface area contributed by atoms with Crippen LogP contribution in [-0.4, -0.2) is 13.1 Å². The van der Waals surface area contributed by atoms with Crippen LogP contribution in [0.5, 0.6) is 0 Å². The minimum absolute atomic E-state index is 0.437. The monoisotopic (exact) mass is 287 g/mol. The molecule has 1 aliphatic rings. The second-order valence-electron chi connectivity index (χ2n) is 7.28. The summed E-state index contributed by atoms with van der Waals surface area (Å²) in [5.41, 5.74) is 2.38. The Kier molecular flexibility index (Phi) is 3.22. The van der Waals surface area contributed by atoms with Gasteiger partial charge < -0.3 is 5.32 Å². The molecule has 0 aliphatic heterocycles. The Bertz CT molecular complexity index is 609. The maximum atomic E-state index is 3.58. The Morgan fingerprint density at radius 3 is 2.40 bits per heavy atom. The van der Waals surface area contributed by atoms with Crippen molar-refractivity contribution in [3.63, 3.8) is 0 Å². The maximum Gasteiger partial charge on any atom is 0.0345 e. The van der Waals surface area contributed by atoms with Crippen molar-refractivity contribution in [2.45, 2.75) is 40.2 Å². The highest BCUT2D eigenvalue weighted by atomic mass is 32.1. The molecule has 1 atom stereocenters. The number of thiophene rings is 1. The Labute approximate surface area is 126 Å². The van der Waals surface area contributed by atoms with Gasteiger partial charge >= 0.3 is 0 Å². The minimum atomic E-state index is 0.437. The summed E-state index contributed by atoms with van der Waals surface area (Å²) in [5.74, 6) is 0.749. The summed E-state index contributed by atoms with van der Waals surface area (Å²) in [6, 6.07) is 9.33. The van der Waals surface area contributed by atoms with E-state index in [0.717, 1.165) is 12.3 Å². The molecule has 1 aromatic heterocycles. The zero-order valence-electron chi connectivity index (χ0n) is 13.2. The van der Waals surface area contributed by atoms with Crippen LogP contribution in [0.1, 0.15) is 33.3 Å². The van der Waals surface area contributed by atoms with E-state index in [1.54, 1.807) is 0 Å². The molecule has 0 saturated heterocycles. The van der Waals surface area contributed by atoms with Gasteiger partial charge in [-0.2, -0.15) is 0 Å². The van der Waals surface area contributed by atoms with Crippen molar-refractivity contribution in [3.05, 3.63) is 35.2 Å². The van der Waals surface area contributed by atoms with E-state index in [2.05, 4.69) is 69.7 Å². The van der Waals surface area contributed by atoms with Gasteiger partial charge in [0.25, 0.3) is 0 Å². The largest absolute Gasteiger partial charge is 0.316 e. The summed E-state index contributed by atoms with van der Waals surface area (Å²) in [5, 5.41) is 7.37. The first kappa shape index (κ1) is 14.1. The van der Waals surface area contributed by atoms with Crippen molar-refractivity contribution in [3.8, 4) is 0 Å². The molecule has 1 aliphatic carbocycles. The predicted octanol–water partition coefficient (Wildman–Crippen LogP) is 4.71. The van der Waals surface area contributed by atoms with Crippen molar-refractivity contribution >= 4 is 21.4 Å². The van der Waals surface area contributed by atoms with E-state index in [1.807, 2.05) is 11.3 Å². The molecular weight excluding hydrogens is 262 g/mol. The van der Waals surface area contributed by atoms with Crippen molar-refractivity contribution in [2.75, 3.05) is 7.05 Å². The highest BCUT2D eigenvalue weighted by molar-refractivity contribution is 7.17. The highest BCUT2D eigenvalue weighted by Crippen LogP contribution is 2.69. The summed E-state index contributed by atoms with van der Waals surface area (Å²) in [6.45, 7) is 9.64. The van der Waals surface area contributed by atoms with Crippen molar-refractivity contribution in [1.82, 2.24) is 5.32 Å². The Balaban J connectivity index is 1.86. The third kappa shape index (κ3) is 1.93. The molecule has 2 aromatic rings. The lowest BCUT2D eigenvalue weighted by Gasteiger charge is -2.18. The van der Waals surface area contributed by atoms with Gasteiger partial charge in [0.2, 0.25) is 0 Å². The fourth-order valence-electron chi connectivity index (χ4n) is 4.07. The number of hydrogen-bond donors (Lipinski definition) is 1.